The number of ether oxygens (including phenoxy) is 1. The summed E-state index contributed by atoms with van der Waals surface area (Å²) in [6.45, 7) is 5.80. The van der Waals surface area contributed by atoms with Gasteiger partial charge in [-0.25, -0.2) is 4.79 Å². The fraction of sp³-hybridized carbons (Fsp3) is 0.375. The van der Waals surface area contributed by atoms with Gasteiger partial charge in [-0.1, -0.05) is 80.7 Å². The van der Waals surface area contributed by atoms with Crippen LogP contribution in [0, 0.1) is 5.92 Å². The van der Waals surface area contributed by atoms with Gasteiger partial charge >= 0.3 is 5.97 Å². The van der Waals surface area contributed by atoms with Gasteiger partial charge in [0.2, 0.25) is 0 Å². The minimum absolute atomic E-state index is 0.0611. The van der Waals surface area contributed by atoms with Crippen LogP contribution in [0.1, 0.15) is 55.8 Å². The van der Waals surface area contributed by atoms with E-state index in [1.807, 2.05) is 54.6 Å². The lowest BCUT2D eigenvalue weighted by molar-refractivity contribution is -0.142. The van der Waals surface area contributed by atoms with Gasteiger partial charge in [0.1, 0.15) is 5.78 Å². The molecule has 2 aromatic rings. The van der Waals surface area contributed by atoms with Crippen molar-refractivity contribution in [2.24, 2.45) is 5.92 Å². The maximum Gasteiger partial charge on any atom is 0.333 e. The molecule has 0 radical (unpaired) electrons. The molecule has 0 bridgehead atoms. The summed E-state index contributed by atoms with van der Waals surface area (Å²) in [4.78, 5) is 24.8. The average Bonchev–Trinajstić information content (AvgIpc) is 2.71. The van der Waals surface area contributed by atoms with Crippen LogP contribution in [0.4, 0.5) is 0 Å². The number of thiocarbonyl (C=S) groups is 1. The fourth-order valence-electron chi connectivity index (χ4n) is 3.23. The first-order chi connectivity index (χ1) is 13.8. The molecule has 0 amide bonds. The minimum Gasteiger partial charge on any atom is -0.467 e. The fourth-order valence-corrected chi connectivity index (χ4v) is 3.52. The summed E-state index contributed by atoms with van der Waals surface area (Å²) in [6.07, 6.45) is 0.952. The molecule has 0 aliphatic heterocycles. The summed E-state index contributed by atoms with van der Waals surface area (Å²) >= 11 is 5.63. The van der Waals surface area contributed by atoms with Crippen molar-refractivity contribution in [1.29, 1.82) is 0 Å². The standard InChI is InChI=1S/C24H29NO3S/c1-16(2)19-10-12-20(13-11-19)22(24(27)28-4)25-23(29)21(14-17(3)26)15-18-8-6-5-7-9-18/h5-13,16,21-22H,14-15H2,1-4H3,(H,25,29). The lowest BCUT2D eigenvalue weighted by Crippen LogP contribution is -2.38. The number of benzene rings is 2. The third-order valence-corrected chi connectivity index (χ3v) is 5.34. The molecule has 2 atom stereocenters. The van der Waals surface area contributed by atoms with Crippen molar-refractivity contribution < 1.29 is 14.3 Å². The number of hydrogen-bond acceptors (Lipinski definition) is 4. The number of methoxy groups -OCH3 is 1. The zero-order chi connectivity index (χ0) is 21.4. The molecule has 4 nitrogen and oxygen atoms in total. The van der Waals surface area contributed by atoms with Gasteiger partial charge in [0.15, 0.2) is 6.04 Å². The summed E-state index contributed by atoms with van der Waals surface area (Å²) in [5.41, 5.74) is 3.07. The number of Topliss-reactive ketones (excluding diaryl/α,β-unsaturated/α-hetero) is 1. The van der Waals surface area contributed by atoms with Crippen LogP contribution >= 0.6 is 12.2 Å². The van der Waals surface area contributed by atoms with E-state index in [2.05, 4.69) is 19.2 Å². The van der Waals surface area contributed by atoms with Crippen LogP contribution in [0.15, 0.2) is 54.6 Å². The van der Waals surface area contributed by atoms with E-state index in [0.29, 0.717) is 23.7 Å². The molecule has 0 saturated carbocycles. The molecule has 29 heavy (non-hydrogen) atoms. The van der Waals surface area contributed by atoms with Crippen LogP contribution in [-0.4, -0.2) is 23.9 Å². The molecular formula is C24H29NO3S. The summed E-state index contributed by atoms with van der Waals surface area (Å²) in [5, 5.41) is 3.16. The van der Waals surface area contributed by atoms with Crippen molar-refractivity contribution in [3.63, 3.8) is 0 Å². The highest BCUT2D eigenvalue weighted by Crippen LogP contribution is 2.22. The van der Waals surface area contributed by atoms with Gasteiger partial charge in [-0.05, 0) is 36.0 Å². The predicted octanol–water partition coefficient (Wildman–Crippen LogP) is 4.78. The number of ketones is 1. The molecule has 0 aliphatic carbocycles. The lowest BCUT2D eigenvalue weighted by atomic mass is 9.93. The topological polar surface area (TPSA) is 55.4 Å². The quantitative estimate of drug-likeness (QED) is 0.475. The third kappa shape index (κ3) is 6.79. The van der Waals surface area contributed by atoms with Gasteiger partial charge in [-0.15, -0.1) is 0 Å². The first-order valence-electron chi connectivity index (χ1n) is 9.83. The molecule has 2 rings (SSSR count). The number of carbonyl (C=O) groups excluding carboxylic acids is 2. The van der Waals surface area contributed by atoms with E-state index < -0.39 is 12.0 Å². The van der Waals surface area contributed by atoms with E-state index >= 15 is 0 Å². The lowest BCUT2D eigenvalue weighted by Gasteiger charge is -2.24. The molecule has 2 aromatic carbocycles. The van der Waals surface area contributed by atoms with Crippen molar-refractivity contribution in [2.45, 2.75) is 45.6 Å². The van der Waals surface area contributed by atoms with Crippen LogP contribution < -0.4 is 5.32 Å². The van der Waals surface area contributed by atoms with Gasteiger partial charge in [0.05, 0.1) is 12.1 Å². The molecule has 0 aromatic heterocycles. The van der Waals surface area contributed by atoms with Crippen LogP contribution in [0.2, 0.25) is 0 Å². The average molecular weight is 412 g/mol. The summed E-state index contributed by atoms with van der Waals surface area (Å²) in [6, 6.07) is 17.1. The zero-order valence-corrected chi connectivity index (χ0v) is 18.3. The Morgan fingerprint density at radius 2 is 1.59 bits per heavy atom. The van der Waals surface area contributed by atoms with Crippen molar-refractivity contribution in [1.82, 2.24) is 5.32 Å². The van der Waals surface area contributed by atoms with E-state index in [0.717, 1.165) is 11.1 Å². The zero-order valence-electron chi connectivity index (χ0n) is 17.5. The molecule has 0 aliphatic rings. The molecule has 154 valence electrons. The second kappa shape index (κ2) is 10.9. The van der Waals surface area contributed by atoms with Gasteiger partial charge in [-0.3, -0.25) is 0 Å². The van der Waals surface area contributed by atoms with Crippen LogP contribution in [-0.2, 0) is 20.7 Å². The molecule has 5 heteroatoms. The molecule has 2 unspecified atom stereocenters. The first kappa shape index (κ1) is 22.8. The Hall–Kier alpha value is -2.53. The molecule has 0 heterocycles. The van der Waals surface area contributed by atoms with E-state index in [9.17, 15) is 9.59 Å². The highest BCUT2D eigenvalue weighted by atomic mass is 32.1. The highest BCUT2D eigenvalue weighted by Gasteiger charge is 2.26. The smallest absolute Gasteiger partial charge is 0.333 e. The van der Waals surface area contributed by atoms with Crippen molar-refractivity contribution in [3.8, 4) is 0 Å². The Kier molecular flexibility index (Phi) is 8.52. The van der Waals surface area contributed by atoms with E-state index in [-0.39, 0.29) is 11.7 Å². The summed E-state index contributed by atoms with van der Waals surface area (Å²) in [7, 11) is 1.36. The number of esters is 1. The Bertz CT molecular complexity index is 831. The summed E-state index contributed by atoms with van der Waals surface area (Å²) < 4.78 is 5.00. The number of nitrogens with one attached hydrogen (secondary N) is 1. The van der Waals surface area contributed by atoms with E-state index in [1.165, 1.54) is 12.7 Å². The Morgan fingerprint density at radius 1 is 1.00 bits per heavy atom. The SMILES string of the molecule is COC(=O)C(NC(=S)C(CC(C)=O)Cc1ccccc1)c1ccc(C(C)C)cc1. The van der Waals surface area contributed by atoms with Crippen LogP contribution in [0.25, 0.3) is 0 Å². The van der Waals surface area contributed by atoms with E-state index in [4.69, 9.17) is 17.0 Å². The monoisotopic (exact) mass is 411 g/mol. The largest absolute Gasteiger partial charge is 0.467 e. The molecule has 0 saturated heterocycles. The number of hydrogen-bond donors (Lipinski definition) is 1. The van der Waals surface area contributed by atoms with Gasteiger partial charge in [0.25, 0.3) is 0 Å². The van der Waals surface area contributed by atoms with Gasteiger partial charge < -0.3 is 14.8 Å². The van der Waals surface area contributed by atoms with Gasteiger partial charge in [-0.2, -0.15) is 0 Å². The molecule has 0 spiro atoms. The Morgan fingerprint density at radius 3 is 2.10 bits per heavy atom. The van der Waals surface area contributed by atoms with Crippen LogP contribution in [0.3, 0.4) is 0 Å². The minimum atomic E-state index is -0.709. The predicted molar refractivity (Wildman–Crippen MR) is 120 cm³/mol. The van der Waals surface area contributed by atoms with Crippen molar-refractivity contribution in [2.75, 3.05) is 7.11 Å². The normalized spacial score (nSPS) is 12.9. The maximum atomic E-state index is 12.5. The molecular weight excluding hydrogens is 382 g/mol. The van der Waals surface area contributed by atoms with E-state index in [1.54, 1.807) is 6.92 Å². The van der Waals surface area contributed by atoms with Gasteiger partial charge in [0, 0.05) is 12.3 Å². The molecule has 1 N–H and O–H groups in total. The van der Waals surface area contributed by atoms with Crippen molar-refractivity contribution >= 4 is 29.0 Å². The summed E-state index contributed by atoms with van der Waals surface area (Å²) in [5.74, 6) is -0.135. The number of rotatable bonds is 9. The first-order valence-corrected chi connectivity index (χ1v) is 10.2. The Balaban J connectivity index is 2.23. The maximum absolute atomic E-state index is 12.5. The third-order valence-electron chi connectivity index (χ3n) is 4.89. The Labute approximate surface area is 178 Å². The van der Waals surface area contributed by atoms with Crippen LogP contribution in [0.5, 0.6) is 0 Å². The molecule has 0 fully saturated rings. The van der Waals surface area contributed by atoms with Crippen molar-refractivity contribution in [3.05, 3.63) is 71.3 Å². The number of carbonyl (C=O) groups is 2. The highest BCUT2D eigenvalue weighted by molar-refractivity contribution is 7.80. The second-order valence-electron chi connectivity index (χ2n) is 7.58. The second-order valence-corrected chi connectivity index (χ2v) is 8.02.